The molecule has 0 N–H and O–H groups in total. The van der Waals surface area contributed by atoms with Crippen molar-refractivity contribution in [2.45, 2.75) is 24.9 Å². The molecule has 17 heavy (non-hydrogen) atoms. The van der Waals surface area contributed by atoms with Gasteiger partial charge in [0.05, 0.1) is 0 Å². The van der Waals surface area contributed by atoms with Crippen molar-refractivity contribution >= 4 is 17.3 Å². The number of likely N-dealkylation sites (tertiary alicyclic amines) is 1. The van der Waals surface area contributed by atoms with E-state index in [2.05, 4.69) is 40.1 Å². The van der Waals surface area contributed by atoms with E-state index in [1.54, 1.807) is 0 Å². The molecule has 2 saturated heterocycles. The zero-order valence-electron chi connectivity index (χ0n) is 10.1. The van der Waals surface area contributed by atoms with Gasteiger partial charge in [-0.2, -0.15) is 0 Å². The molecule has 2 aliphatic heterocycles. The Bertz CT molecular complexity index is 368. The Morgan fingerprint density at radius 1 is 1.12 bits per heavy atom. The van der Waals surface area contributed by atoms with Crippen LogP contribution in [0.4, 0.5) is 5.69 Å². The Hall–Kier alpha value is -0.730. The first-order valence-electron chi connectivity index (χ1n) is 6.50. The highest BCUT2D eigenvalue weighted by Crippen LogP contribution is 2.34. The van der Waals surface area contributed by atoms with Crippen LogP contribution in [-0.4, -0.2) is 42.5 Å². The lowest BCUT2D eigenvalue weighted by Gasteiger charge is -2.35. The predicted molar refractivity (Wildman–Crippen MR) is 72.9 cm³/mol. The quantitative estimate of drug-likeness (QED) is 0.758. The van der Waals surface area contributed by atoms with E-state index in [0.717, 1.165) is 24.4 Å². The molecule has 0 amide bonds. The summed E-state index contributed by atoms with van der Waals surface area (Å²) in [5, 5.41) is 0. The van der Waals surface area contributed by atoms with E-state index >= 15 is 0 Å². The molecule has 2 unspecified atom stereocenters. The topological polar surface area (TPSA) is 6.48 Å². The normalized spacial score (nSPS) is 27.9. The molecule has 2 nitrogen and oxygen atoms in total. The Labute approximate surface area is 108 Å². The molecule has 3 heteroatoms. The first-order chi connectivity index (χ1) is 8.38. The average Bonchev–Trinajstić information content (AvgIpc) is 2.97. The van der Waals surface area contributed by atoms with Gasteiger partial charge in [-0.05, 0) is 31.5 Å². The number of nitrogens with zero attached hydrogens (tertiary/aromatic N) is 2. The average molecular weight is 251 g/mol. The fourth-order valence-electron chi connectivity index (χ4n) is 3.22. The molecule has 2 bridgehead atoms. The van der Waals surface area contributed by atoms with Crippen LogP contribution < -0.4 is 4.90 Å². The number of alkyl halides is 1. The number of fused-ring (bicyclic) bond motifs is 2. The maximum atomic E-state index is 5.77. The van der Waals surface area contributed by atoms with E-state index in [-0.39, 0.29) is 0 Å². The van der Waals surface area contributed by atoms with E-state index < -0.39 is 0 Å². The van der Waals surface area contributed by atoms with Crippen LogP contribution in [0.3, 0.4) is 0 Å². The maximum absolute atomic E-state index is 5.77. The van der Waals surface area contributed by atoms with Crippen molar-refractivity contribution in [3.05, 3.63) is 30.3 Å². The third-order valence-electron chi connectivity index (χ3n) is 4.02. The summed E-state index contributed by atoms with van der Waals surface area (Å²) in [4.78, 5) is 5.19. The Kier molecular flexibility index (Phi) is 3.26. The van der Waals surface area contributed by atoms with Crippen LogP contribution in [0.15, 0.2) is 30.3 Å². The fourth-order valence-corrected chi connectivity index (χ4v) is 3.34. The van der Waals surface area contributed by atoms with E-state index in [1.807, 2.05) is 0 Å². The minimum absolute atomic E-state index is 0.720. The second kappa shape index (κ2) is 4.87. The molecule has 92 valence electrons. The zero-order valence-corrected chi connectivity index (χ0v) is 10.8. The van der Waals surface area contributed by atoms with Crippen molar-refractivity contribution in [3.8, 4) is 0 Å². The van der Waals surface area contributed by atoms with Crippen LogP contribution in [0.2, 0.25) is 0 Å². The van der Waals surface area contributed by atoms with E-state index in [9.17, 15) is 0 Å². The van der Waals surface area contributed by atoms with Gasteiger partial charge in [-0.15, -0.1) is 11.6 Å². The minimum atomic E-state index is 0.720. The minimum Gasteiger partial charge on any atom is -0.366 e. The number of halogens is 1. The maximum Gasteiger partial charge on any atom is 0.0433 e. The van der Waals surface area contributed by atoms with Crippen LogP contribution in [-0.2, 0) is 0 Å². The first kappa shape index (κ1) is 11.4. The molecule has 2 aliphatic rings. The van der Waals surface area contributed by atoms with Gasteiger partial charge in [0.1, 0.15) is 0 Å². The second-order valence-electron chi connectivity index (χ2n) is 5.07. The van der Waals surface area contributed by atoms with Gasteiger partial charge in [0.15, 0.2) is 0 Å². The summed E-state index contributed by atoms with van der Waals surface area (Å²) in [6, 6.07) is 12.3. The third-order valence-corrected chi connectivity index (χ3v) is 4.29. The summed E-state index contributed by atoms with van der Waals surface area (Å²) in [6.45, 7) is 3.58. The molecule has 0 aromatic heterocycles. The van der Waals surface area contributed by atoms with Crippen LogP contribution >= 0.6 is 11.6 Å². The van der Waals surface area contributed by atoms with Crippen molar-refractivity contribution in [1.29, 1.82) is 0 Å². The van der Waals surface area contributed by atoms with Crippen LogP contribution in [0.5, 0.6) is 0 Å². The fraction of sp³-hybridized carbons (Fsp3) is 0.571. The Morgan fingerprint density at radius 3 is 2.59 bits per heavy atom. The molecule has 1 aromatic carbocycles. The van der Waals surface area contributed by atoms with Gasteiger partial charge in [-0.1, -0.05) is 18.2 Å². The van der Waals surface area contributed by atoms with Crippen molar-refractivity contribution in [1.82, 2.24) is 4.90 Å². The molecule has 0 saturated carbocycles. The standard InChI is InChI=1S/C14H19ClN2/c15-7-4-8-16-10-14-9-13(16)11-17(14)12-5-2-1-3-6-12/h1-3,5-6,13-14H,4,7-11H2. The molecule has 1 aromatic rings. The van der Waals surface area contributed by atoms with E-state index in [0.29, 0.717) is 0 Å². The molecule has 0 radical (unpaired) electrons. The summed E-state index contributed by atoms with van der Waals surface area (Å²) >= 11 is 5.77. The number of piperazine rings is 1. The summed E-state index contributed by atoms with van der Waals surface area (Å²) in [5.74, 6) is 0.788. The molecule has 2 heterocycles. The molecule has 0 aliphatic carbocycles. The molecular formula is C14H19ClN2. The second-order valence-corrected chi connectivity index (χ2v) is 5.45. The molecular weight excluding hydrogens is 232 g/mol. The molecule has 0 spiro atoms. The lowest BCUT2D eigenvalue weighted by molar-refractivity contribution is 0.240. The van der Waals surface area contributed by atoms with Crippen molar-refractivity contribution < 1.29 is 0 Å². The largest absolute Gasteiger partial charge is 0.366 e. The Balaban J connectivity index is 1.64. The monoisotopic (exact) mass is 250 g/mol. The van der Waals surface area contributed by atoms with Crippen molar-refractivity contribution in [3.63, 3.8) is 0 Å². The number of benzene rings is 1. The highest BCUT2D eigenvalue weighted by molar-refractivity contribution is 6.17. The van der Waals surface area contributed by atoms with Gasteiger partial charge < -0.3 is 4.90 Å². The zero-order chi connectivity index (χ0) is 11.7. The predicted octanol–water partition coefficient (Wildman–Crippen LogP) is 2.58. The summed E-state index contributed by atoms with van der Waals surface area (Å²) < 4.78 is 0. The van der Waals surface area contributed by atoms with Gasteiger partial charge >= 0.3 is 0 Å². The molecule has 2 fully saturated rings. The summed E-state index contributed by atoms with van der Waals surface area (Å²) in [5.41, 5.74) is 1.39. The first-order valence-corrected chi connectivity index (χ1v) is 7.03. The Morgan fingerprint density at radius 2 is 1.94 bits per heavy atom. The van der Waals surface area contributed by atoms with Crippen LogP contribution in [0.25, 0.3) is 0 Å². The van der Waals surface area contributed by atoms with Crippen LogP contribution in [0.1, 0.15) is 12.8 Å². The number of hydrogen-bond acceptors (Lipinski definition) is 2. The number of anilines is 1. The highest BCUT2D eigenvalue weighted by atomic mass is 35.5. The molecule has 2 atom stereocenters. The highest BCUT2D eigenvalue weighted by Gasteiger charge is 2.42. The van der Waals surface area contributed by atoms with E-state index in [1.165, 1.54) is 31.7 Å². The summed E-state index contributed by atoms with van der Waals surface area (Å²) in [6.07, 6.45) is 2.45. The molecule has 3 rings (SSSR count). The van der Waals surface area contributed by atoms with Gasteiger partial charge in [-0.3, -0.25) is 4.90 Å². The number of rotatable bonds is 4. The lowest BCUT2D eigenvalue weighted by Crippen LogP contribution is -2.46. The van der Waals surface area contributed by atoms with Crippen molar-refractivity contribution in [2.75, 3.05) is 30.4 Å². The van der Waals surface area contributed by atoms with Crippen LogP contribution in [0, 0.1) is 0 Å². The SMILES string of the molecule is ClCCCN1CC2CC1CN2c1ccccc1. The number of para-hydroxylation sites is 1. The van der Waals surface area contributed by atoms with Gasteiger partial charge in [-0.25, -0.2) is 0 Å². The summed E-state index contributed by atoms with van der Waals surface area (Å²) in [7, 11) is 0. The van der Waals surface area contributed by atoms with Gasteiger partial charge in [0.2, 0.25) is 0 Å². The van der Waals surface area contributed by atoms with Gasteiger partial charge in [0.25, 0.3) is 0 Å². The third kappa shape index (κ3) is 2.16. The van der Waals surface area contributed by atoms with Gasteiger partial charge in [0, 0.05) is 36.7 Å². The number of hydrogen-bond donors (Lipinski definition) is 0. The van der Waals surface area contributed by atoms with Crippen molar-refractivity contribution in [2.24, 2.45) is 0 Å². The van der Waals surface area contributed by atoms with E-state index in [4.69, 9.17) is 11.6 Å². The smallest absolute Gasteiger partial charge is 0.0433 e. The lowest BCUT2D eigenvalue weighted by atomic mass is 10.2.